The Kier molecular flexibility index (Phi) is 7.08. The van der Waals surface area contributed by atoms with Gasteiger partial charge in [0.1, 0.15) is 11.8 Å². The van der Waals surface area contributed by atoms with Crippen LogP contribution in [0.25, 0.3) is 10.9 Å². The van der Waals surface area contributed by atoms with E-state index in [0.29, 0.717) is 5.56 Å². The number of aromatic amines is 1. The van der Waals surface area contributed by atoms with E-state index in [0.717, 1.165) is 67.1 Å². The fourth-order valence-electron chi connectivity index (χ4n) is 6.24. The number of anilines is 1. The predicted octanol–water partition coefficient (Wildman–Crippen LogP) is 4.56. The monoisotopic (exact) mass is 527 g/mol. The van der Waals surface area contributed by atoms with E-state index >= 15 is 0 Å². The normalized spacial score (nSPS) is 18.0. The van der Waals surface area contributed by atoms with E-state index in [1.165, 1.54) is 30.5 Å². The van der Waals surface area contributed by atoms with Gasteiger partial charge in [0.05, 0.1) is 18.7 Å². The van der Waals surface area contributed by atoms with E-state index in [-0.39, 0.29) is 17.6 Å². The maximum absolute atomic E-state index is 13.7. The molecule has 9 nitrogen and oxygen atoms in total. The molecule has 1 saturated heterocycles. The van der Waals surface area contributed by atoms with Gasteiger partial charge < -0.3 is 14.6 Å². The summed E-state index contributed by atoms with van der Waals surface area (Å²) in [4.78, 5) is 21.7. The Balaban J connectivity index is 1.37. The van der Waals surface area contributed by atoms with Gasteiger partial charge in [-0.3, -0.25) is 9.69 Å². The van der Waals surface area contributed by atoms with Crippen molar-refractivity contribution in [2.24, 2.45) is 0 Å². The third-order valence-electron chi connectivity index (χ3n) is 8.67. The molecule has 1 unspecified atom stereocenters. The van der Waals surface area contributed by atoms with Crippen LogP contribution in [0.3, 0.4) is 0 Å². The van der Waals surface area contributed by atoms with E-state index < -0.39 is 0 Å². The number of fused-ring (bicyclic) bond motifs is 1. The lowest BCUT2D eigenvalue weighted by Gasteiger charge is -2.40. The van der Waals surface area contributed by atoms with Crippen molar-refractivity contribution in [2.45, 2.75) is 58.0 Å². The number of tetrazole rings is 1. The van der Waals surface area contributed by atoms with Crippen LogP contribution in [0, 0.1) is 13.8 Å². The molecule has 4 aromatic rings. The zero-order valence-corrected chi connectivity index (χ0v) is 23.1. The maximum Gasteiger partial charge on any atom is 0.253 e. The van der Waals surface area contributed by atoms with Crippen molar-refractivity contribution in [1.82, 2.24) is 30.1 Å². The summed E-state index contributed by atoms with van der Waals surface area (Å²) in [5.41, 5.74) is 4.98. The van der Waals surface area contributed by atoms with Gasteiger partial charge in [-0.2, -0.15) is 0 Å². The number of H-pyrrole nitrogens is 1. The van der Waals surface area contributed by atoms with Crippen molar-refractivity contribution in [1.29, 1.82) is 0 Å². The Morgan fingerprint density at radius 2 is 1.72 bits per heavy atom. The minimum Gasteiger partial charge on any atom is -0.497 e. The van der Waals surface area contributed by atoms with E-state index in [1.807, 2.05) is 16.8 Å². The van der Waals surface area contributed by atoms with Gasteiger partial charge in [0, 0.05) is 37.4 Å². The molecule has 1 aliphatic heterocycles. The second-order valence-corrected chi connectivity index (χ2v) is 10.9. The molecule has 1 atom stereocenters. The number of nitrogens with one attached hydrogen (secondary N) is 1. The lowest BCUT2D eigenvalue weighted by Crippen LogP contribution is -2.49. The first-order valence-corrected chi connectivity index (χ1v) is 14.1. The number of aryl methyl sites for hydroxylation is 2. The summed E-state index contributed by atoms with van der Waals surface area (Å²) in [6.07, 6.45) is 5.77. The average Bonchev–Trinajstić information content (AvgIpc) is 3.46. The fourth-order valence-corrected chi connectivity index (χ4v) is 6.24. The molecular formula is C30H37N7O2. The van der Waals surface area contributed by atoms with Crippen LogP contribution < -0.4 is 15.2 Å². The molecule has 2 fully saturated rings. The van der Waals surface area contributed by atoms with Crippen molar-refractivity contribution in [3.63, 3.8) is 0 Å². The maximum atomic E-state index is 13.7. The van der Waals surface area contributed by atoms with Crippen LogP contribution in [0.4, 0.5) is 5.69 Å². The van der Waals surface area contributed by atoms with Crippen molar-refractivity contribution in [2.75, 3.05) is 38.2 Å². The summed E-state index contributed by atoms with van der Waals surface area (Å²) in [6.45, 7) is 7.41. The number of rotatable bonds is 6. The van der Waals surface area contributed by atoms with E-state index in [9.17, 15) is 4.79 Å². The largest absolute Gasteiger partial charge is 0.497 e. The molecule has 1 aliphatic carbocycles. The van der Waals surface area contributed by atoms with Gasteiger partial charge in [-0.1, -0.05) is 31.4 Å². The number of aromatic nitrogens is 5. The Morgan fingerprint density at radius 1 is 0.974 bits per heavy atom. The first-order valence-electron chi connectivity index (χ1n) is 14.1. The standard InChI is InChI=1S/C30H37N7O2/c1-20-9-10-22-19-26(30(38)31-27(22)21(20)2)28(29-32-33-34-37(29)24-7-5-4-6-8-24)36-17-15-35(16-18-36)23-11-13-25(39-3)14-12-23/h9-14,19,24,28H,4-8,15-18H2,1-3H3,(H,31,38). The van der Waals surface area contributed by atoms with Crippen molar-refractivity contribution in [3.05, 3.63) is 75.3 Å². The highest BCUT2D eigenvalue weighted by atomic mass is 16.5. The molecule has 0 radical (unpaired) electrons. The van der Waals surface area contributed by atoms with Crippen molar-refractivity contribution >= 4 is 16.6 Å². The van der Waals surface area contributed by atoms with Gasteiger partial charge in [-0.05, 0) is 84.0 Å². The topological polar surface area (TPSA) is 92.2 Å². The third-order valence-corrected chi connectivity index (χ3v) is 8.67. The Labute approximate surface area is 228 Å². The molecule has 39 heavy (non-hydrogen) atoms. The number of nitrogens with zero attached hydrogens (tertiary/aromatic N) is 6. The van der Waals surface area contributed by atoms with Crippen LogP contribution >= 0.6 is 0 Å². The number of piperazine rings is 1. The van der Waals surface area contributed by atoms with Crippen LogP contribution in [0.2, 0.25) is 0 Å². The fraction of sp³-hybridized carbons (Fsp3) is 0.467. The molecule has 2 aromatic carbocycles. The van der Waals surface area contributed by atoms with Gasteiger partial charge in [0.15, 0.2) is 5.82 Å². The lowest BCUT2D eigenvalue weighted by molar-refractivity contribution is 0.192. The first kappa shape index (κ1) is 25.6. The summed E-state index contributed by atoms with van der Waals surface area (Å²) in [7, 11) is 1.69. The highest BCUT2D eigenvalue weighted by Crippen LogP contribution is 2.34. The molecule has 6 rings (SSSR count). The van der Waals surface area contributed by atoms with Crippen LogP contribution in [-0.2, 0) is 0 Å². The highest BCUT2D eigenvalue weighted by molar-refractivity contribution is 5.83. The Bertz CT molecular complexity index is 1500. The van der Waals surface area contributed by atoms with Crippen molar-refractivity contribution in [3.8, 4) is 5.75 Å². The quantitative estimate of drug-likeness (QED) is 0.393. The summed E-state index contributed by atoms with van der Waals surface area (Å²) in [6, 6.07) is 14.4. The molecule has 0 amide bonds. The van der Waals surface area contributed by atoms with Crippen LogP contribution in [0.5, 0.6) is 5.75 Å². The van der Waals surface area contributed by atoms with Gasteiger partial charge in [-0.25, -0.2) is 4.68 Å². The molecule has 0 bridgehead atoms. The third kappa shape index (κ3) is 4.91. The zero-order chi connectivity index (χ0) is 26.9. The molecule has 0 spiro atoms. The number of pyridine rings is 1. The van der Waals surface area contributed by atoms with E-state index in [1.54, 1.807) is 7.11 Å². The van der Waals surface area contributed by atoms with E-state index in [4.69, 9.17) is 4.74 Å². The van der Waals surface area contributed by atoms with Crippen LogP contribution in [0.1, 0.15) is 66.7 Å². The second kappa shape index (κ2) is 10.8. The number of methoxy groups -OCH3 is 1. The van der Waals surface area contributed by atoms with E-state index in [2.05, 4.69) is 74.5 Å². The molecule has 9 heteroatoms. The molecular weight excluding hydrogens is 490 g/mol. The number of ether oxygens (including phenoxy) is 1. The highest BCUT2D eigenvalue weighted by Gasteiger charge is 2.34. The minimum absolute atomic E-state index is 0.0722. The predicted molar refractivity (Wildman–Crippen MR) is 153 cm³/mol. The SMILES string of the molecule is COc1ccc(N2CCN(C(c3cc4ccc(C)c(C)c4[nH]c3=O)c3nnnn3C3CCCCC3)CC2)cc1. The summed E-state index contributed by atoms with van der Waals surface area (Å²) >= 11 is 0. The van der Waals surface area contributed by atoms with Gasteiger partial charge in [0.25, 0.3) is 5.56 Å². The van der Waals surface area contributed by atoms with Crippen molar-refractivity contribution < 1.29 is 4.74 Å². The number of hydrogen-bond donors (Lipinski definition) is 1. The first-order chi connectivity index (χ1) is 19.0. The summed E-state index contributed by atoms with van der Waals surface area (Å²) < 4.78 is 7.35. The minimum atomic E-state index is -0.324. The summed E-state index contributed by atoms with van der Waals surface area (Å²) in [5, 5.41) is 14.2. The molecule has 2 aliphatic rings. The van der Waals surface area contributed by atoms with Crippen LogP contribution in [0.15, 0.2) is 47.3 Å². The number of benzene rings is 2. The molecule has 1 N–H and O–H groups in total. The molecule has 204 valence electrons. The van der Waals surface area contributed by atoms with Crippen LogP contribution in [-0.4, -0.2) is 63.4 Å². The second-order valence-electron chi connectivity index (χ2n) is 10.9. The van der Waals surface area contributed by atoms with Gasteiger partial charge in [-0.15, -0.1) is 5.10 Å². The smallest absolute Gasteiger partial charge is 0.253 e. The lowest BCUT2D eigenvalue weighted by atomic mass is 9.94. The number of hydrogen-bond acceptors (Lipinski definition) is 7. The Hall–Kier alpha value is -3.72. The van der Waals surface area contributed by atoms with Gasteiger partial charge in [0.2, 0.25) is 0 Å². The summed E-state index contributed by atoms with van der Waals surface area (Å²) in [5.74, 6) is 1.63. The average molecular weight is 528 g/mol. The molecule has 1 saturated carbocycles. The molecule has 3 heterocycles. The Morgan fingerprint density at radius 3 is 2.44 bits per heavy atom. The molecule has 2 aromatic heterocycles. The zero-order valence-electron chi connectivity index (χ0n) is 23.1. The van der Waals surface area contributed by atoms with Gasteiger partial charge >= 0.3 is 0 Å².